The number of benzene rings is 1. The summed E-state index contributed by atoms with van der Waals surface area (Å²) in [6, 6.07) is 10.2. The van der Waals surface area contributed by atoms with E-state index in [0.29, 0.717) is 44.8 Å². The second kappa shape index (κ2) is 8.31. The summed E-state index contributed by atoms with van der Waals surface area (Å²) in [4.78, 5) is 16.8. The minimum absolute atomic E-state index is 0.205. The fourth-order valence-corrected chi connectivity index (χ4v) is 3.33. The van der Waals surface area contributed by atoms with Crippen LogP contribution in [0, 0.1) is 5.82 Å². The number of halogens is 1. The zero-order chi connectivity index (χ0) is 19.3. The Morgan fingerprint density at radius 3 is 2.86 bits per heavy atom. The van der Waals surface area contributed by atoms with Crippen LogP contribution < -0.4 is 5.32 Å². The number of carbonyl (C=O) groups is 1. The summed E-state index contributed by atoms with van der Waals surface area (Å²) in [7, 11) is 0. The van der Waals surface area contributed by atoms with Gasteiger partial charge in [-0.15, -0.1) is 0 Å². The van der Waals surface area contributed by atoms with E-state index in [4.69, 9.17) is 4.74 Å². The van der Waals surface area contributed by atoms with Crippen molar-refractivity contribution in [3.8, 4) is 0 Å². The maximum Gasteiger partial charge on any atom is 0.272 e. The molecule has 2 aromatic heterocycles. The first-order chi connectivity index (χ1) is 13.7. The number of rotatable bonds is 6. The van der Waals surface area contributed by atoms with E-state index >= 15 is 0 Å². The second-order valence-corrected chi connectivity index (χ2v) is 6.73. The first-order valence-electron chi connectivity index (χ1n) is 9.28. The van der Waals surface area contributed by atoms with E-state index < -0.39 is 0 Å². The zero-order valence-corrected chi connectivity index (χ0v) is 15.4. The van der Waals surface area contributed by atoms with Crippen LogP contribution in [0.15, 0.2) is 48.8 Å². The highest BCUT2D eigenvalue weighted by atomic mass is 19.1. The Balaban J connectivity index is 1.49. The Morgan fingerprint density at radius 1 is 1.21 bits per heavy atom. The predicted molar refractivity (Wildman–Crippen MR) is 101 cm³/mol. The number of pyridine rings is 1. The van der Waals surface area contributed by atoms with E-state index in [0.717, 1.165) is 22.4 Å². The van der Waals surface area contributed by atoms with Gasteiger partial charge in [-0.3, -0.25) is 14.5 Å². The van der Waals surface area contributed by atoms with Crippen LogP contribution in [0.4, 0.5) is 4.39 Å². The highest BCUT2D eigenvalue weighted by Crippen LogP contribution is 2.22. The molecule has 6 nitrogen and oxygen atoms in total. The van der Waals surface area contributed by atoms with Crippen molar-refractivity contribution in [2.75, 3.05) is 13.2 Å². The number of fused-ring (bicyclic) bond motifs is 1. The van der Waals surface area contributed by atoms with Crippen molar-refractivity contribution in [2.45, 2.75) is 26.0 Å². The van der Waals surface area contributed by atoms with Crippen LogP contribution in [0.3, 0.4) is 0 Å². The van der Waals surface area contributed by atoms with Crippen LogP contribution in [0.5, 0.6) is 0 Å². The standard InChI is InChI=1S/C21H21FN4O2/c22-17-5-3-16(4-6-17)13-26-19-8-11-28-14-18(19)20(25-26)21(27)24-10-7-15-2-1-9-23-12-15/h1-6,9,12H,7-8,10-11,13-14H2,(H,24,27). The van der Waals surface area contributed by atoms with Crippen molar-refractivity contribution in [1.82, 2.24) is 20.1 Å². The third-order valence-corrected chi connectivity index (χ3v) is 4.78. The fraction of sp³-hybridized carbons (Fsp3) is 0.286. The Morgan fingerprint density at radius 2 is 2.07 bits per heavy atom. The molecule has 144 valence electrons. The van der Waals surface area contributed by atoms with Crippen molar-refractivity contribution in [3.63, 3.8) is 0 Å². The van der Waals surface area contributed by atoms with Gasteiger partial charge >= 0.3 is 0 Å². The lowest BCUT2D eigenvalue weighted by Crippen LogP contribution is -2.27. The minimum Gasteiger partial charge on any atom is -0.376 e. The molecule has 4 rings (SSSR count). The lowest BCUT2D eigenvalue weighted by Gasteiger charge is -2.15. The third-order valence-electron chi connectivity index (χ3n) is 4.78. The summed E-state index contributed by atoms with van der Waals surface area (Å²) in [5, 5.41) is 7.49. The van der Waals surface area contributed by atoms with Gasteiger partial charge in [0.15, 0.2) is 5.69 Å². The summed E-state index contributed by atoms with van der Waals surface area (Å²) in [6.45, 7) is 1.98. The Bertz CT molecular complexity index is 955. The van der Waals surface area contributed by atoms with E-state index in [1.54, 1.807) is 24.5 Å². The molecule has 3 aromatic rings. The highest BCUT2D eigenvalue weighted by Gasteiger charge is 2.25. The molecule has 3 heterocycles. The van der Waals surface area contributed by atoms with Gasteiger partial charge in [0.05, 0.1) is 19.8 Å². The number of carbonyl (C=O) groups excluding carboxylic acids is 1. The van der Waals surface area contributed by atoms with Crippen molar-refractivity contribution in [2.24, 2.45) is 0 Å². The van der Waals surface area contributed by atoms with E-state index in [9.17, 15) is 9.18 Å². The van der Waals surface area contributed by atoms with Crippen molar-refractivity contribution in [1.29, 1.82) is 0 Å². The molecule has 1 N–H and O–H groups in total. The van der Waals surface area contributed by atoms with Crippen LogP contribution in [0.25, 0.3) is 0 Å². The smallest absolute Gasteiger partial charge is 0.272 e. The molecule has 0 saturated heterocycles. The van der Waals surface area contributed by atoms with Crippen molar-refractivity contribution < 1.29 is 13.9 Å². The minimum atomic E-state index is -0.270. The number of aromatic nitrogens is 3. The number of hydrogen-bond donors (Lipinski definition) is 1. The summed E-state index contributed by atoms with van der Waals surface area (Å²) in [5.74, 6) is -0.475. The summed E-state index contributed by atoms with van der Waals surface area (Å²) in [6.07, 6.45) is 4.92. The third kappa shape index (κ3) is 4.09. The maximum absolute atomic E-state index is 13.2. The van der Waals surface area contributed by atoms with Crippen LogP contribution in [-0.4, -0.2) is 33.8 Å². The monoisotopic (exact) mass is 380 g/mol. The van der Waals surface area contributed by atoms with E-state index in [2.05, 4.69) is 15.4 Å². The van der Waals surface area contributed by atoms with Gasteiger partial charge in [-0.2, -0.15) is 5.10 Å². The average molecular weight is 380 g/mol. The first kappa shape index (κ1) is 18.3. The van der Waals surface area contributed by atoms with Crippen molar-refractivity contribution in [3.05, 3.63) is 82.7 Å². The summed E-state index contributed by atoms with van der Waals surface area (Å²) in [5.41, 5.74) is 4.25. The molecule has 0 bridgehead atoms. The molecule has 1 amide bonds. The van der Waals surface area contributed by atoms with Crippen LogP contribution in [0.2, 0.25) is 0 Å². The largest absolute Gasteiger partial charge is 0.376 e. The molecule has 7 heteroatoms. The van der Waals surface area contributed by atoms with Crippen LogP contribution >= 0.6 is 0 Å². The predicted octanol–water partition coefficient (Wildman–Crippen LogP) is 2.51. The molecule has 0 unspecified atom stereocenters. The van der Waals surface area contributed by atoms with E-state index in [1.807, 2.05) is 16.8 Å². The molecular formula is C21H21FN4O2. The van der Waals surface area contributed by atoms with Crippen LogP contribution in [0.1, 0.15) is 32.9 Å². The fourth-order valence-electron chi connectivity index (χ4n) is 3.33. The highest BCUT2D eigenvalue weighted by molar-refractivity contribution is 5.94. The normalized spacial score (nSPS) is 13.2. The topological polar surface area (TPSA) is 69.0 Å². The van der Waals surface area contributed by atoms with Gasteiger partial charge < -0.3 is 10.1 Å². The molecule has 1 aromatic carbocycles. The maximum atomic E-state index is 13.2. The van der Waals surface area contributed by atoms with Gasteiger partial charge in [-0.25, -0.2) is 4.39 Å². The van der Waals surface area contributed by atoms with Gasteiger partial charge in [0.1, 0.15) is 5.82 Å². The molecule has 0 radical (unpaired) electrons. The Labute approximate surface area is 162 Å². The Hall–Kier alpha value is -3.06. The zero-order valence-electron chi connectivity index (χ0n) is 15.4. The van der Waals surface area contributed by atoms with Gasteiger partial charge in [0, 0.05) is 36.6 Å². The number of nitrogens with one attached hydrogen (secondary N) is 1. The molecule has 1 aliphatic rings. The lowest BCUT2D eigenvalue weighted by atomic mass is 10.1. The molecule has 28 heavy (non-hydrogen) atoms. The van der Waals surface area contributed by atoms with Gasteiger partial charge in [-0.1, -0.05) is 18.2 Å². The molecule has 1 aliphatic heterocycles. The van der Waals surface area contributed by atoms with Gasteiger partial charge in [0.25, 0.3) is 5.91 Å². The van der Waals surface area contributed by atoms with E-state index in [-0.39, 0.29) is 11.7 Å². The van der Waals surface area contributed by atoms with Gasteiger partial charge in [0.2, 0.25) is 0 Å². The molecule has 0 fully saturated rings. The average Bonchev–Trinajstić information content (AvgIpc) is 3.09. The quantitative estimate of drug-likeness (QED) is 0.714. The Kier molecular flexibility index (Phi) is 5.43. The molecule has 0 saturated carbocycles. The van der Waals surface area contributed by atoms with Crippen molar-refractivity contribution >= 4 is 5.91 Å². The van der Waals surface area contributed by atoms with Gasteiger partial charge in [-0.05, 0) is 35.7 Å². The summed E-state index contributed by atoms with van der Waals surface area (Å²) >= 11 is 0. The number of amides is 1. The van der Waals surface area contributed by atoms with E-state index in [1.165, 1.54) is 12.1 Å². The summed E-state index contributed by atoms with van der Waals surface area (Å²) < 4.78 is 20.5. The second-order valence-electron chi connectivity index (χ2n) is 6.73. The molecule has 0 spiro atoms. The van der Waals surface area contributed by atoms with Crippen LogP contribution in [-0.2, 0) is 30.7 Å². The number of ether oxygens (including phenoxy) is 1. The lowest BCUT2D eigenvalue weighted by molar-refractivity contribution is 0.0925. The number of hydrogen-bond acceptors (Lipinski definition) is 4. The SMILES string of the molecule is O=C(NCCc1cccnc1)c1nn(Cc2ccc(F)cc2)c2c1COCC2. The molecule has 0 atom stereocenters. The number of nitrogens with zero attached hydrogens (tertiary/aromatic N) is 3. The first-order valence-corrected chi connectivity index (χ1v) is 9.28. The molecule has 0 aliphatic carbocycles. The molecular weight excluding hydrogens is 359 g/mol.